The average Bonchev–Trinajstić information content (AvgIpc) is 3.03. The van der Waals surface area contributed by atoms with E-state index in [1.54, 1.807) is 0 Å². The summed E-state index contributed by atoms with van der Waals surface area (Å²) in [5.41, 5.74) is 3.48. The van der Waals surface area contributed by atoms with E-state index < -0.39 is 0 Å². The molecule has 1 aliphatic carbocycles. The molecule has 5 rings (SSSR count). The van der Waals surface area contributed by atoms with Crippen molar-refractivity contribution in [3.63, 3.8) is 0 Å². The van der Waals surface area contributed by atoms with Crippen molar-refractivity contribution in [2.45, 2.75) is 37.9 Å². The molecule has 2 aliphatic heterocycles. The Morgan fingerprint density at radius 2 is 1.03 bits per heavy atom. The number of hydrogen-bond donors (Lipinski definition) is 0. The van der Waals surface area contributed by atoms with Crippen LogP contribution >= 0.6 is 24.8 Å². The largest absolute Gasteiger partial charge is 0.490 e. The summed E-state index contributed by atoms with van der Waals surface area (Å²) in [6, 6.07) is 11.9. The SMILES string of the molecule is CN1CCC(Oc2ccc3c(c2)C(=O)c2cc(OC4CCN(C)CC4)ccc2-3)CC1.Cl.Cl. The van der Waals surface area contributed by atoms with Crippen LogP contribution in [0.5, 0.6) is 11.5 Å². The second-order valence-corrected chi connectivity index (χ2v) is 8.98. The lowest BCUT2D eigenvalue weighted by Crippen LogP contribution is -2.35. The zero-order valence-electron chi connectivity index (χ0n) is 18.7. The Labute approximate surface area is 202 Å². The van der Waals surface area contributed by atoms with Gasteiger partial charge in [0.2, 0.25) is 0 Å². The molecular weight excluding hydrogens is 447 g/mol. The summed E-state index contributed by atoms with van der Waals surface area (Å²) in [6.45, 7) is 4.22. The molecule has 3 aliphatic rings. The van der Waals surface area contributed by atoms with Crippen LogP contribution in [-0.4, -0.2) is 68.1 Å². The molecule has 0 radical (unpaired) electrons. The van der Waals surface area contributed by atoms with Crippen LogP contribution in [0.15, 0.2) is 36.4 Å². The van der Waals surface area contributed by atoms with Gasteiger partial charge in [0.1, 0.15) is 23.7 Å². The number of hydrogen-bond acceptors (Lipinski definition) is 5. The minimum absolute atomic E-state index is 0. The number of carbonyl (C=O) groups excluding carboxylic acids is 1. The number of ether oxygens (including phenoxy) is 2. The van der Waals surface area contributed by atoms with Gasteiger partial charge in [-0.15, -0.1) is 24.8 Å². The lowest BCUT2D eigenvalue weighted by atomic mass is 10.0. The van der Waals surface area contributed by atoms with Crippen LogP contribution in [0.1, 0.15) is 41.6 Å². The van der Waals surface area contributed by atoms with E-state index in [9.17, 15) is 4.79 Å². The third-order valence-electron chi connectivity index (χ3n) is 6.70. The first-order valence-electron chi connectivity index (χ1n) is 11.1. The maximum atomic E-state index is 13.1. The number of carbonyl (C=O) groups is 1. The Kier molecular flexibility index (Phi) is 8.10. The maximum Gasteiger partial charge on any atom is 0.194 e. The highest BCUT2D eigenvalue weighted by molar-refractivity contribution is 6.22. The molecule has 0 aromatic heterocycles. The Morgan fingerprint density at radius 3 is 1.41 bits per heavy atom. The fraction of sp³-hybridized carbons (Fsp3) is 0.480. The van der Waals surface area contributed by atoms with E-state index in [1.165, 1.54) is 0 Å². The van der Waals surface area contributed by atoms with Gasteiger partial charge in [0, 0.05) is 37.3 Å². The molecule has 2 aromatic rings. The molecule has 32 heavy (non-hydrogen) atoms. The molecule has 0 bridgehead atoms. The van der Waals surface area contributed by atoms with E-state index in [0.29, 0.717) is 0 Å². The first kappa shape index (κ1) is 24.8. The van der Waals surface area contributed by atoms with E-state index in [4.69, 9.17) is 9.47 Å². The van der Waals surface area contributed by atoms with Crippen molar-refractivity contribution in [1.29, 1.82) is 0 Å². The predicted octanol–water partition coefficient (Wildman–Crippen LogP) is 4.69. The van der Waals surface area contributed by atoms with E-state index in [2.05, 4.69) is 23.9 Å². The monoisotopic (exact) mass is 478 g/mol. The molecule has 0 atom stereocenters. The molecule has 5 nitrogen and oxygen atoms in total. The number of rotatable bonds is 4. The Hall–Kier alpha value is -1.79. The Balaban J connectivity index is 0.00000144. The van der Waals surface area contributed by atoms with E-state index >= 15 is 0 Å². The van der Waals surface area contributed by atoms with Gasteiger partial charge in [0.05, 0.1) is 0 Å². The van der Waals surface area contributed by atoms with Crippen molar-refractivity contribution in [2.24, 2.45) is 0 Å². The quantitative estimate of drug-likeness (QED) is 0.543. The van der Waals surface area contributed by atoms with E-state index in [0.717, 1.165) is 85.6 Å². The Bertz CT molecular complexity index is 877. The van der Waals surface area contributed by atoms with Gasteiger partial charge in [0.25, 0.3) is 0 Å². The van der Waals surface area contributed by atoms with Crippen molar-refractivity contribution in [2.75, 3.05) is 40.3 Å². The van der Waals surface area contributed by atoms with Crippen LogP contribution in [0.4, 0.5) is 0 Å². The highest BCUT2D eigenvalue weighted by Gasteiger charge is 2.29. The van der Waals surface area contributed by atoms with Crippen molar-refractivity contribution in [3.8, 4) is 22.6 Å². The molecule has 7 heteroatoms. The summed E-state index contributed by atoms with van der Waals surface area (Å²) in [5.74, 6) is 1.67. The summed E-state index contributed by atoms with van der Waals surface area (Å²) in [4.78, 5) is 17.8. The van der Waals surface area contributed by atoms with Crippen LogP contribution in [0.25, 0.3) is 11.1 Å². The minimum Gasteiger partial charge on any atom is -0.490 e. The number of ketones is 1. The van der Waals surface area contributed by atoms with Gasteiger partial charge >= 0.3 is 0 Å². The number of likely N-dealkylation sites (tertiary alicyclic amines) is 2. The van der Waals surface area contributed by atoms with Gasteiger partial charge in [-0.25, -0.2) is 0 Å². The molecule has 0 N–H and O–H groups in total. The summed E-state index contributed by atoms with van der Waals surface area (Å²) in [6.07, 6.45) is 4.57. The molecule has 0 saturated carbocycles. The third kappa shape index (κ3) is 5.07. The summed E-state index contributed by atoms with van der Waals surface area (Å²) in [5, 5.41) is 0. The first-order chi connectivity index (χ1) is 14.6. The standard InChI is InChI=1S/C25H30N2O3.2ClH/c1-26-11-7-17(8-12-26)29-19-3-5-21-22-6-4-20(16-24(22)25(28)23(21)15-19)30-18-9-13-27(2)14-10-18;;/h3-6,15-18H,7-14H2,1-2H3;2*1H. The minimum atomic E-state index is 0. The van der Waals surface area contributed by atoms with Crippen LogP contribution < -0.4 is 9.47 Å². The van der Waals surface area contributed by atoms with Gasteiger partial charge in [-0.3, -0.25) is 4.79 Å². The highest BCUT2D eigenvalue weighted by atomic mass is 35.5. The molecule has 2 aromatic carbocycles. The van der Waals surface area contributed by atoms with Crippen molar-refractivity contribution < 1.29 is 14.3 Å². The highest BCUT2D eigenvalue weighted by Crippen LogP contribution is 2.40. The summed E-state index contributed by atoms with van der Waals surface area (Å²) >= 11 is 0. The number of piperidine rings is 2. The Morgan fingerprint density at radius 1 is 0.656 bits per heavy atom. The third-order valence-corrected chi connectivity index (χ3v) is 6.70. The zero-order chi connectivity index (χ0) is 20.7. The first-order valence-corrected chi connectivity index (χ1v) is 11.1. The average molecular weight is 479 g/mol. The second-order valence-electron chi connectivity index (χ2n) is 8.98. The molecule has 2 fully saturated rings. The second kappa shape index (κ2) is 10.4. The smallest absolute Gasteiger partial charge is 0.194 e. The lowest BCUT2D eigenvalue weighted by Gasteiger charge is -2.29. The zero-order valence-corrected chi connectivity index (χ0v) is 20.3. The molecule has 0 unspecified atom stereocenters. The number of fused-ring (bicyclic) bond motifs is 3. The summed E-state index contributed by atoms with van der Waals surface area (Å²) < 4.78 is 12.4. The van der Waals surface area contributed by atoms with Gasteiger partial charge in [0.15, 0.2) is 5.78 Å². The van der Waals surface area contributed by atoms with Crippen LogP contribution in [0.2, 0.25) is 0 Å². The van der Waals surface area contributed by atoms with E-state index in [-0.39, 0.29) is 42.8 Å². The lowest BCUT2D eigenvalue weighted by molar-refractivity contribution is 0.103. The number of nitrogens with zero attached hydrogens (tertiary/aromatic N) is 2. The fourth-order valence-corrected chi connectivity index (χ4v) is 4.77. The van der Waals surface area contributed by atoms with Crippen LogP contribution in [-0.2, 0) is 0 Å². The molecule has 2 heterocycles. The molecular formula is C25H32Cl2N2O3. The summed E-state index contributed by atoms with van der Waals surface area (Å²) in [7, 11) is 4.29. The van der Waals surface area contributed by atoms with Crippen LogP contribution in [0, 0.1) is 0 Å². The molecule has 174 valence electrons. The van der Waals surface area contributed by atoms with Crippen molar-refractivity contribution in [1.82, 2.24) is 9.80 Å². The van der Waals surface area contributed by atoms with Gasteiger partial charge in [-0.1, -0.05) is 0 Å². The molecule has 0 spiro atoms. The van der Waals surface area contributed by atoms with E-state index in [1.807, 2.05) is 36.4 Å². The topological polar surface area (TPSA) is 42.0 Å². The van der Waals surface area contributed by atoms with Gasteiger partial charge in [-0.2, -0.15) is 0 Å². The normalized spacial score (nSPS) is 19.5. The van der Waals surface area contributed by atoms with Gasteiger partial charge in [-0.05, 0) is 87.3 Å². The van der Waals surface area contributed by atoms with Crippen molar-refractivity contribution in [3.05, 3.63) is 47.5 Å². The number of benzene rings is 2. The fourth-order valence-electron chi connectivity index (χ4n) is 4.77. The molecule has 2 saturated heterocycles. The van der Waals surface area contributed by atoms with Crippen LogP contribution in [0.3, 0.4) is 0 Å². The van der Waals surface area contributed by atoms with Gasteiger partial charge < -0.3 is 19.3 Å². The maximum absolute atomic E-state index is 13.1. The predicted molar refractivity (Wildman–Crippen MR) is 132 cm³/mol. The number of halogens is 2. The van der Waals surface area contributed by atoms with Crippen molar-refractivity contribution >= 4 is 30.6 Å². The molecule has 0 amide bonds.